The maximum atomic E-state index is 13.1. The second-order valence-electron chi connectivity index (χ2n) is 4.87. The summed E-state index contributed by atoms with van der Waals surface area (Å²) in [5.74, 6) is -1.67. The van der Waals surface area contributed by atoms with Gasteiger partial charge in [-0.05, 0) is 53.4 Å². The predicted octanol–water partition coefficient (Wildman–Crippen LogP) is 5.12. The first kappa shape index (κ1) is 14.6. The van der Waals surface area contributed by atoms with Gasteiger partial charge in [0, 0.05) is 10.5 Å². The van der Waals surface area contributed by atoms with Crippen LogP contribution in [-0.4, -0.2) is 12.2 Å². The fourth-order valence-corrected chi connectivity index (χ4v) is 2.81. The zero-order valence-corrected chi connectivity index (χ0v) is 11.7. The lowest BCUT2D eigenvalue weighted by atomic mass is 9.85. The Morgan fingerprint density at radius 2 is 1.95 bits per heavy atom. The zero-order chi connectivity index (χ0) is 14.0. The summed E-state index contributed by atoms with van der Waals surface area (Å²) in [4.78, 5) is 0. The highest BCUT2D eigenvalue weighted by Crippen LogP contribution is 2.38. The number of nitrogens with one attached hydrogen (secondary N) is 1. The molecule has 1 aromatic carbocycles. The van der Waals surface area contributed by atoms with Crippen LogP contribution in [0.25, 0.3) is 0 Å². The maximum Gasteiger partial charge on any atom is 0.391 e. The van der Waals surface area contributed by atoms with Crippen LogP contribution >= 0.6 is 15.9 Å². The third-order valence-electron chi connectivity index (χ3n) is 3.43. The van der Waals surface area contributed by atoms with Crippen molar-refractivity contribution >= 4 is 21.6 Å². The second kappa shape index (κ2) is 5.69. The molecule has 2 unspecified atom stereocenters. The van der Waals surface area contributed by atoms with Gasteiger partial charge in [0.2, 0.25) is 0 Å². The average molecular weight is 340 g/mol. The van der Waals surface area contributed by atoms with Gasteiger partial charge in [-0.15, -0.1) is 0 Å². The van der Waals surface area contributed by atoms with E-state index in [2.05, 4.69) is 21.2 Å². The first-order valence-corrected chi connectivity index (χ1v) is 6.94. The summed E-state index contributed by atoms with van der Waals surface area (Å²) in [5.41, 5.74) is 0.507. The van der Waals surface area contributed by atoms with E-state index in [1.54, 1.807) is 6.07 Å². The molecule has 2 rings (SSSR count). The predicted molar refractivity (Wildman–Crippen MR) is 69.5 cm³/mol. The molecule has 0 aromatic heterocycles. The normalized spacial score (nSPS) is 24.3. The largest absolute Gasteiger partial charge is 0.391 e. The van der Waals surface area contributed by atoms with Gasteiger partial charge in [0.1, 0.15) is 5.82 Å². The van der Waals surface area contributed by atoms with E-state index in [0.29, 0.717) is 23.0 Å². The van der Waals surface area contributed by atoms with Crippen molar-refractivity contribution in [1.82, 2.24) is 0 Å². The number of hydrogen-bond acceptors (Lipinski definition) is 1. The van der Waals surface area contributed by atoms with Crippen molar-refractivity contribution in [3.63, 3.8) is 0 Å². The van der Waals surface area contributed by atoms with Gasteiger partial charge in [0.15, 0.2) is 0 Å². The van der Waals surface area contributed by atoms with Crippen LogP contribution in [0, 0.1) is 11.7 Å². The van der Waals surface area contributed by atoms with Gasteiger partial charge in [-0.1, -0.05) is 6.42 Å². The molecule has 1 aliphatic carbocycles. The molecule has 0 aliphatic heterocycles. The van der Waals surface area contributed by atoms with Gasteiger partial charge in [0.25, 0.3) is 0 Å². The smallest absolute Gasteiger partial charge is 0.381 e. The molecule has 1 aromatic rings. The molecule has 0 saturated heterocycles. The van der Waals surface area contributed by atoms with Crippen molar-refractivity contribution in [3.8, 4) is 0 Å². The van der Waals surface area contributed by atoms with E-state index in [-0.39, 0.29) is 18.9 Å². The van der Waals surface area contributed by atoms with Crippen LogP contribution in [0.15, 0.2) is 22.7 Å². The fourth-order valence-electron chi connectivity index (χ4n) is 2.45. The lowest BCUT2D eigenvalue weighted by molar-refractivity contribution is -0.182. The quantitative estimate of drug-likeness (QED) is 0.737. The first-order chi connectivity index (χ1) is 8.86. The van der Waals surface area contributed by atoms with E-state index in [1.807, 2.05) is 0 Å². The number of anilines is 1. The Labute approximate surface area is 117 Å². The summed E-state index contributed by atoms with van der Waals surface area (Å²) in [7, 11) is 0. The molecule has 1 saturated carbocycles. The molecule has 0 bridgehead atoms. The van der Waals surface area contributed by atoms with Crippen molar-refractivity contribution in [1.29, 1.82) is 0 Å². The van der Waals surface area contributed by atoms with Crippen LogP contribution in [0.4, 0.5) is 23.2 Å². The highest BCUT2D eigenvalue weighted by molar-refractivity contribution is 9.10. The van der Waals surface area contributed by atoms with Crippen LogP contribution in [0.5, 0.6) is 0 Å². The number of halogens is 5. The van der Waals surface area contributed by atoms with E-state index < -0.39 is 17.9 Å². The van der Waals surface area contributed by atoms with Crippen LogP contribution < -0.4 is 5.32 Å². The monoisotopic (exact) mass is 339 g/mol. The molecular formula is C13H14BrF4N. The molecule has 2 atom stereocenters. The summed E-state index contributed by atoms with van der Waals surface area (Å²) < 4.78 is 51.9. The van der Waals surface area contributed by atoms with Crippen molar-refractivity contribution in [2.75, 3.05) is 5.32 Å². The molecule has 1 nitrogen and oxygen atoms in total. The van der Waals surface area contributed by atoms with E-state index in [4.69, 9.17) is 0 Å². The fraction of sp³-hybridized carbons (Fsp3) is 0.538. The molecule has 0 spiro atoms. The number of hydrogen-bond donors (Lipinski definition) is 1. The highest BCUT2D eigenvalue weighted by Gasteiger charge is 2.42. The minimum atomic E-state index is -4.14. The van der Waals surface area contributed by atoms with Crippen LogP contribution in [-0.2, 0) is 0 Å². The third-order valence-corrected chi connectivity index (χ3v) is 4.12. The Balaban J connectivity index is 2.05. The summed E-state index contributed by atoms with van der Waals surface area (Å²) >= 11 is 3.26. The molecule has 0 amide bonds. The standard InChI is InChI=1S/C13H14BrF4N/c14-11-5-4-9(15)7-12(11)19-10-3-1-2-8(6-10)13(16,17)18/h4-5,7-8,10,19H,1-3,6H2. The van der Waals surface area contributed by atoms with Gasteiger partial charge in [-0.2, -0.15) is 13.2 Å². The van der Waals surface area contributed by atoms with Gasteiger partial charge < -0.3 is 5.32 Å². The van der Waals surface area contributed by atoms with Crippen LogP contribution in [0.1, 0.15) is 25.7 Å². The third kappa shape index (κ3) is 3.84. The molecule has 1 N–H and O–H groups in total. The van der Waals surface area contributed by atoms with Crippen LogP contribution in [0.3, 0.4) is 0 Å². The molecule has 19 heavy (non-hydrogen) atoms. The molecule has 1 aliphatic rings. The lowest BCUT2D eigenvalue weighted by Crippen LogP contribution is -2.34. The van der Waals surface area contributed by atoms with Gasteiger partial charge in [0.05, 0.1) is 11.6 Å². The second-order valence-corrected chi connectivity index (χ2v) is 5.72. The molecule has 1 fully saturated rings. The summed E-state index contributed by atoms with van der Waals surface area (Å²) in [6.07, 6.45) is -2.69. The van der Waals surface area contributed by atoms with E-state index in [1.165, 1.54) is 12.1 Å². The zero-order valence-electron chi connectivity index (χ0n) is 10.1. The summed E-state index contributed by atoms with van der Waals surface area (Å²) in [6, 6.07) is 3.87. The molecular weight excluding hydrogens is 326 g/mol. The van der Waals surface area contributed by atoms with Crippen molar-refractivity contribution < 1.29 is 17.6 Å². The SMILES string of the molecule is Fc1ccc(Br)c(NC2CCCC(C(F)(F)F)C2)c1. The molecule has 106 valence electrons. The van der Waals surface area contributed by atoms with Crippen molar-refractivity contribution in [2.45, 2.75) is 37.9 Å². The van der Waals surface area contributed by atoms with Crippen LogP contribution in [0.2, 0.25) is 0 Å². The first-order valence-electron chi connectivity index (χ1n) is 6.14. The molecule has 0 radical (unpaired) electrons. The maximum absolute atomic E-state index is 13.1. The summed E-state index contributed by atoms with van der Waals surface area (Å²) in [6.45, 7) is 0. The van der Waals surface area contributed by atoms with E-state index >= 15 is 0 Å². The minimum absolute atomic E-state index is 0.0481. The van der Waals surface area contributed by atoms with E-state index in [9.17, 15) is 17.6 Å². The average Bonchev–Trinajstić information content (AvgIpc) is 2.33. The van der Waals surface area contributed by atoms with Gasteiger partial charge in [-0.3, -0.25) is 0 Å². The number of benzene rings is 1. The molecule has 0 heterocycles. The van der Waals surface area contributed by atoms with Crippen molar-refractivity contribution in [3.05, 3.63) is 28.5 Å². The number of rotatable bonds is 2. The molecule has 6 heteroatoms. The highest BCUT2D eigenvalue weighted by atomic mass is 79.9. The van der Waals surface area contributed by atoms with Gasteiger partial charge in [-0.25, -0.2) is 4.39 Å². The van der Waals surface area contributed by atoms with Gasteiger partial charge >= 0.3 is 6.18 Å². The Bertz CT molecular complexity index is 447. The Hall–Kier alpha value is -0.780. The van der Waals surface area contributed by atoms with E-state index in [0.717, 1.165) is 0 Å². The number of alkyl halides is 3. The van der Waals surface area contributed by atoms with Crippen molar-refractivity contribution in [2.24, 2.45) is 5.92 Å². The lowest BCUT2D eigenvalue weighted by Gasteiger charge is -2.31. The summed E-state index contributed by atoms with van der Waals surface area (Å²) in [5, 5.41) is 3.01. The Morgan fingerprint density at radius 3 is 2.63 bits per heavy atom. The Kier molecular flexibility index (Phi) is 4.38. The minimum Gasteiger partial charge on any atom is -0.381 e. The Morgan fingerprint density at radius 1 is 1.21 bits per heavy atom. The topological polar surface area (TPSA) is 12.0 Å².